The molecule has 8 aromatic rings. The van der Waals surface area contributed by atoms with Crippen molar-refractivity contribution in [3.8, 4) is 34.2 Å². The van der Waals surface area contributed by atoms with Gasteiger partial charge in [-0.15, -0.1) is 71.8 Å². The molecule has 0 saturated heterocycles. The van der Waals surface area contributed by atoms with E-state index in [2.05, 4.69) is 172 Å². The van der Waals surface area contributed by atoms with Crippen molar-refractivity contribution < 1.29 is 20.1 Å². The summed E-state index contributed by atoms with van der Waals surface area (Å²) in [6.07, 6.45) is 3.92. The molecule has 0 N–H and O–H groups in total. The van der Waals surface area contributed by atoms with Crippen molar-refractivity contribution in [2.75, 3.05) is 0 Å². The molecule has 0 bridgehead atoms. The summed E-state index contributed by atoms with van der Waals surface area (Å²) in [5.74, 6) is 4.00. The molecule has 8 rings (SSSR count). The Morgan fingerprint density at radius 2 is 0.869 bits per heavy atom. The van der Waals surface area contributed by atoms with Gasteiger partial charge in [0.25, 0.3) is 0 Å². The average Bonchev–Trinajstić information content (AvgIpc) is 3.80. The fourth-order valence-electron chi connectivity index (χ4n) is 8.36. The molecule has 5 nitrogen and oxygen atoms in total. The Bertz CT molecular complexity index is 2670. The molecule has 6 aromatic carbocycles. The van der Waals surface area contributed by atoms with Crippen molar-refractivity contribution in [3.63, 3.8) is 0 Å². The summed E-state index contributed by atoms with van der Waals surface area (Å²) in [6, 6.07) is 50.6. The van der Waals surface area contributed by atoms with E-state index in [0.29, 0.717) is 29.4 Å². The zero-order valence-electron chi connectivity index (χ0n) is 36.8. The zero-order chi connectivity index (χ0) is 42.3. The largest absolute Gasteiger partial charge is 0.333 e. The van der Waals surface area contributed by atoms with Gasteiger partial charge in [-0.2, -0.15) is 0 Å². The van der Waals surface area contributed by atoms with Gasteiger partial charge in [0.05, 0.1) is 40.3 Å². The second-order valence-corrected chi connectivity index (χ2v) is 17.6. The van der Waals surface area contributed by atoms with Crippen LogP contribution in [0.15, 0.2) is 127 Å². The van der Waals surface area contributed by atoms with Gasteiger partial charge in [0.1, 0.15) is 0 Å². The molecule has 0 aliphatic carbocycles. The van der Waals surface area contributed by atoms with Gasteiger partial charge in [0.15, 0.2) is 5.69 Å². The van der Waals surface area contributed by atoms with E-state index in [9.17, 15) is 0 Å². The molecule has 61 heavy (non-hydrogen) atoms. The number of aromatic nitrogens is 4. The Kier molecular flexibility index (Phi) is 15.0. The molecule has 313 valence electrons. The van der Waals surface area contributed by atoms with Crippen molar-refractivity contribution >= 4 is 27.8 Å². The smallest absolute Gasteiger partial charge is 0.187 e. The first kappa shape index (κ1) is 44.9. The van der Waals surface area contributed by atoms with Crippen LogP contribution in [-0.2, 0) is 45.8 Å². The van der Waals surface area contributed by atoms with Gasteiger partial charge in [0, 0.05) is 31.5 Å². The summed E-state index contributed by atoms with van der Waals surface area (Å²) in [5, 5.41) is 0. The molecule has 2 heterocycles. The molecule has 0 spiro atoms. The van der Waals surface area contributed by atoms with Crippen molar-refractivity contribution in [2.24, 2.45) is 23.7 Å². The number of hydrogen-bond acceptors (Lipinski definition) is 2. The van der Waals surface area contributed by atoms with E-state index in [1.54, 1.807) is 0 Å². The van der Waals surface area contributed by atoms with Gasteiger partial charge in [-0.3, -0.25) is 9.97 Å². The standard InChI is InChI=1S/C28H28N3.C27H29N2.Ir/c1-19(2)15-22-17-24(29-5)18-23(16-20(3)4)27(22)31-26-14-10-9-13-25(26)30-28(31)21-11-7-6-8-12-21;1-19(2)17-22-13-10-14-23(18-20(3)4)26(22)29-25-16-9-8-15-24(25)28-27(29)21-11-6-5-7-12-21;/h6-11,13-14,17-20H,15-16H2,1-4H3;5-11,13-16,19-20H,17-18H2,1-4H3;/q2*-1;. The Morgan fingerprint density at radius 3 is 1.25 bits per heavy atom. The molecular weight excluding hydrogens is 923 g/mol. The molecule has 0 unspecified atom stereocenters. The van der Waals surface area contributed by atoms with Gasteiger partial charge < -0.3 is 9.13 Å². The van der Waals surface area contributed by atoms with Gasteiger partial charge in [-0.1, -0.05) is 110 Å². The Balaban J connectivity index is 0.000000201. The summed E-state index contributed by atoms with van der Waals surface area (Å²) >= 11 is 0. The van der Waals surface area contributed by atoms with Crippen LogP contribution in [0.4, 0.5) is 5.69 Å². The maximum absolute atomic E-state index is 7.66. The normalized spacial score (nSPS) is 11.3. The monoisotopic (exact) mass is 980 g/mol. The second kappa shape index (κ2) is 20.3. The van der Waals surface area contributed by atoms with Crippen LogP contribution in [0, 0.1) is 42.4 Å². The maximum atomic E-state index is 7.66. The third-order valence-electron chi connectivity index (χ3n) is 10.6. The van der Waals surface area contributed by atoms with E-state index < -0.39 is 0 Å². The second-order valence-electron chi connectivity index (χ2n) is 17.6. The van der Waals surface area contributed by atoms with Gasteiger partial charge >= 0.3 is 0 Å². The molecule has 0 fully saturated rings. The summed E-state index contributed by atoms with van der Waals surface area (Å²) < 4.78 is 4.67. The van der Waals surface area contributed by atoms with E-state index in [0.717, 1.165) is 70.5 Å². The molecule has 0 atom stereocenters. The Labute approximate surface area is 377 Å². The molecule has 2 aromatic heterocycles. The van der Waals surface area contributed by atoms with Crippen molar-refractivity contribution in [2.45, 2.75) is 81.1 Å². The molecule has 0 aliphatic heterocycles. The minimum atomic E-state index is 0. The van der Waals surface area contributed by atoms with Crippen molar-refractivity contribution in [3.05, 3.63) is 173 Å². The van der Waals surface area contributed by atoms with Crippen molar-refractivity contribution in [1.82, 2.24) is 19.1 Å². The third kappa shape index (κ3) is 10.3. The number of imidazole rings is 2. The van der Waals surface area contributed by atoms with Crippen LogP contribution in [0.5, 0.6) is 0 Å². The number of rotatable bonds is 12. The summed E-state index contributed by atoms with van der Waals surface area (Å²) in [5.41, 5.74) is 14.6. The van der Waals surface area contributed by atoms with E-state index in [-0.39, 0.29) is 20.1 Å². The minimum Gasteiger partial charge on any atom is -0.333 e. The zero-order valence-corrected chi connectivity index (χ0v) is 39.2. The van der Waals surface area contributed by atoms with Gasteiger partial charge in [0.2, 0.25) is 0 Å². The van der Waals surface area contributed by atoms with Crippen LogP contribution < -0.4 is 0 Å². The Morgan fingerprint density at radius 1 is 0.492 bits per heavy atom. The predicted octanol–water partition coefficient (Wildman–Crippen LogP) is 14.3. The molecule has 0 amide bonds. The molecule has 0 saturated carbocycles. The van der Waals surface area contributed by atoms with Crippen LogP contribution in [0.25, 0.3) is 61.1 Å². The van der Waals surface area contributed by atoms with E-state index in [1.165, 1.54) is 33.6 Å². The summed E-state index contributed by atoms with van der Waals surface area (Å²) in [7, 11) is 0. The number of nitrogens with zero attached hydrogens (tertiary/aromatic N) is 5. The average molecular weight is 980 g/mol. The topological polar surface area (TPSA) is 40.0 Å². The quantitative estimate of drug-likeness (QED) is 0.114. The molecule has 1 radical (unpaired) electrons. The van der Waals surface area contributed by atoms with Crippen LogP contribution in [0.3, 0.4) is 0 Å². The van der Waals surface area contributed by atoms with Crippen LogP contribution in [0.1, 0.15) is 77.6 Å². The van der Waals surface area contributed by atoms with E-state index in [1.807, 2.05) is 36.4 Å². The maximum Gasteiger partial charge on any atom is 0.187 e. The van der Waals surface area contributed by atoms with Crippen LogP contribution >= 0.6 is 0 Å². The number of fused-ring (bicyclic) bond motifs is 2. The van der Waals surface area contributed by atoms with Crippen LogP contribution in [0.2, 0.25) is 0 Å². The van der Waals surface area contributed by atoms with Gasteiger partial charge in [-0.05, 0) is 95.9 Å². The fraction of sp³-hybridized carbons (Fsp3) is 0.291. The summed E-state index contributed by atoms with van der Waals surface area (Å²) in [4.78, 5) is 13.8. The fourth-order valence-corrected chi connectivity index (χ4v) is 8.36. The summed E-state index contributed by atoms with van der Waals surface area (Å²) in [6.45, 7) is 25.7. The first-order valence-electron chi connectivity index (χ1n) is 21.6. The van der Waals surface area contributed by atoms with E-state index in [4.69, 9.17) is 16.5 Å². The van der Waals surface area contributed by atoms with E-state index >= 15 is 0 Å². The molecular formula is C55H57IrN5-2. The third-order valence-corrected chi connectivity index (χ3v) is 10.6. The predicted molar refractivity (Wildman–Crippen MR) is 251 cm³/mol. The van der Waals surface area contributed by atoms with Gasteiger partial charge in [-0.25, -0.2) is 4.85 Å². The van der Waals surface area contributed by atoms with Crippen molar-refractivity contribution in [1.29, 1.82) is 0 Å². The number of para-hydroxylation sites is 5. The minimum absolute atomic E-state index is 0. The Hall–Kier alpha value is -5.60. The first-order chi connectivity index (χ1) is 29.0. The SMILES string of the molecule is CC(C)Cc1cccc(CC(C)C)c1-n1c(-c2[c-]cccc2)nc2ccccc21.[C-]#[N+]c1cc(CC(C)C)c(-n2c(-c3[c-]cccc3)nc3ccccc32)c(CC(C)C)c1.[Ir]. The number of benzene rings is 6. The molecule has 0 aliphatic rings. The molecule has 6 heteroatoms. The first-order valence-corrected chi connectivity index (χ1v) is 21.6. The van der Waals surface area contributed by atoms with Crippen LogP contribution in [-0.4, -0.2) is 19.1 Å². The number of hydrogen-bond donors (Lipinski definition) is 0.